The van der Waals surface area contributed by atoms with Gasteiger partial charge in [-0.3, -0.25) is 5.10 Å². The lowest BCUT2D eigenvalue weighted by molar-refractivity contribution is 0.0265. The average molecular weight is 490 g/mol. The van der Waals surface area contributed by atoms with Crippen LogP contribution in [0.15, 0.2) is 36.8 Å². The smallest absolute Gasteiger partial charge is 0.410 e. The molecule has 0 bridgehead atoms. The zero-order chi connectivity index (χ0) is 25.1. The van der Waals surface area contributed by atoms with Crippen LogP contribution in [0.2, 0.25) is 0 Å². The second kappa shape index (κ2) is 8.11. The third-order valence-corrected chi connectivity index (χ3v) is 6.94. The molecule has 4 aromatic heterocycles. The molecule has 2 fully saturated rings. The number of likely N-dealkylation sites (tertiary alicyclic amines) is 1. The third-order valence-electron chi connectivity index (χ3n) is 6.94. The molecule has 1 spiro atoms. The summed E-state index contributed by atoms with van der Waals surface area (Å²) >= 11 is 0. The van der Waals surface area contributed by atoms with Crippen LogP contribution in [0.25, 0.3) is 27.7 Å². The number of hydrogen-bond acceptors (Lipinski definition) is 7. The SMILES string of the molecule is CCOc1cc(-c2ccc(N3CC4(CCN(C(=O)OC(C)(C)C)C4)C3)nc2)c2c3cn[nH]c3nn2c1. The maximum atomic E-state index is 12.5. The van der Waals surface area contributed by atoms with Crippen LogP contribution in [-0.2, 0) is 4.74 Å². The summed E-state index contributed by atoms with van der Waals surface area (Å²) < 4.78 is 13.2. The van der Waals surface area contributed by atoms with Crippen LogP contribution in [-0.4, -0.2) is 74.2 Å². The van der Waals surface area contributed by atoms with Gasteiger partial charge in [-0.15, -0.1) is 5.10 Å². The summed E-state index contributed by atoms with van der Waals surface area (Å²) in [5.74, 6) is 1.70. The van der Waals surface area contributed by atoms with Gasteiger partial charge in [0.2, 0.25) is 0 Å². The Morgan fingerprint density at radius 1 is 1.19 bits per heavy atom. The van der Waals surface area contributed by atoms with E-state index in [0.29, 0.717) is 6.61 Å². The van der Waals surface area contributed by atoms with Gasteiger partial charge >= 0.3 is 6.09 Å². The van der Waals surface area contributed by atoms with Gasteiger partial charge in [-0.2, -0.15) is 5.10 Å². The van der Waals surface area contributed by atoms with E-state index in [2.05, 4.69) is 32.3 Å². The standard InChI is InChI=1S/C26H31N7O3/c1-5-35-18-10-19(22-20-12-28-29-23(20)30-33(22)13-18)17-6-7-21(27-11-17)32-15-26(16-32)8-9-31(14-26)24(34)36-25(2,3)4/h6-7,10-13H,5,8-9,14-16H2,1-4H3,(H,29,30). The van der Waals surface area contributed by atoms with E-state index in [0.717, 1.165) is 71.8 Å². The summed E-state index contributed by atoms with van der Waals surface area (Å²) in [5.41, 5.74) is 3.33. The Morgan fingerprint density at radius 2 is 2.03 bits per heavy atom. The number of aromatic amines is 1. The number of nitrogens with zero attached hydrogens (tertiary/aromatic N) is 6. The molecular formula is C26H31N7O3. The number of carbonyl (C=O) groups excluding carboxylic acids is 1. The fraction of sp³-hybridized carbons (Fsp3) is 0.462. The summed E-state index contributed by atoms with van der Waals surface area (Å²) in [5, 5.41) is 12.6. The predicted molar refractivity (Wildman–Crippen MR) is 136 cm³/mol. The number of amides is 1. The largest absolute Gasteiger partial charge is 0.492 e. The molecule has 0 radical (unpaired) electrons. The second-order valence-electron chi connectivity index (χ2n) is 10.9. The predicted octanol–water partition coefficient (Wildman–Crippen LogP) is 4.12. The molecule has 0 unspecified atom stereocenters. The molecule has 10 heteroatoms. The Morgan fingerprint density at radius 3 is 2.75 bits per heavy atom. The van der Waals surface area contributed by atoms with Crippen LogP contribution in [0.3, 0.4) is 0 Å². The van der Waals surface area contributed by atoms with Crippen molar-refractivity contribution in [1.29, 1.82) is 0 Å². The number of fused-ring (bicyclic) bond motifs is 3. The third kappa shape index (κ3) is 3.90. The van der Waals surface area contributed by atoms with Crippen molar-refractivity contribution in [2.24, 2.45) is 5.41 Å². The fourth-order valence-corrected chi connectivity index (χ4v) is 5.34. The number of H-pyrrole nitrogens is 1. The highest BCUT2D eigenvalue weighted by atomic mass is 16.6. The van der Waals surface area contributed by atoms with Gasteiger partial charge in [-0.05, 0) is 52.3 Å². The van der Waals surface area contributed by atoms with Gasteiger partial charge in [-0.1, -0.05) is 0 Å². The number of nitrogens with one attached hydrogen (secondary N) is 1. The number of hydrogen-bond donors (Lipinski definition) is 1. The fourth-order valence-electron chi connectivity index (χ4n) is 5.34. The van der Waals surface area contributed by atoms with Crippen molar-refractivity contribution in [2.45, 2.75) is 39.7 Å². The molecule has 0 aromatic carbocycles. The van der Waals surface area contributed by atoms with Gasteiger partial charge in [0.05, 0.1) is 29.9 Å². The Balaban J connectivity index is 1.20. The maximum Gasteiger partial charge on any atom is 0.410 e. The zero-order valence-electron chi connectivity index (χ0n) is 21.1. The summed E-state index contributed by atoms with van der Waals surface area (Å²) in [6, 6.07) is 6.20. The molecule has 6 rings (SSSR count). The molecule has 6 heterocycles. The van der Waals surface area contributed by atoms with E-state index in [1.165, 1.54) is 0 Å². The molecule has 36 heavy (non-hydrogen) atoms. The first-order chi connectivity index (χ1) is 17.2. The summed E-state index contributed by atoms with van der Waals surface area (Å²) in [6.45, 7) is 11.5. The highest BCUT2D eigenvalue weighted by Gasteiger charge is 2.49. The minimum atomic E-state index is -0.474. The molecule has 188 valence electrons. The first-order valence-electron chi connectivity index (χ1n) is 12.4. The molecule has 1 amide bonds. The summed E-state index contributed by atoms with van der Waals surface area (Å²) in [6.07, 6.45) is 6.37. The normalized spacial score (nSPS) is 17.2. The second-order valence-corrected chi connectivity index (χ2v) is 10.9. The molecular weight excluding hydrogens is 458 g/mol. The quantitative estimate of drug-likeness (QED) is 0.460. The summed E-state index contributed by atoms with van der Waals surface area (Å²) in [7, 11) is 0. The van der Waals surface area contributed by atoms with Crippen molar-refractivity contribution >= 4 is 28.5 Å². The highest BCUT2D eigenvalue weighted by Crippen LogP contribution is 2.42. The molecule has 2 aliphatic heterocycles. The zero-order valence-corrected chi connectivity index (χ0v) is 21.1. The van der Waals surface area contributed by atoms with Crippen LogP contribution < -0.4 is 9.64 Å². The molecule has 4 aromatic rings. The summed E-state index contributed by atoms with van der Waals surface area (Å²) in [4.78, 5) is 21.4. The van der Waals surface area contributed by atoms with Crippen molar-refractivity contribution in [2.75, 3.05) is 37.7 Å². The van der Waals surface area contributed by atoms with E-state index >= 15 is 0 Å². The molecule has 2 aliphatic rings. The monoisotopic (exact) mass is 489 g/mol. The van der Waals surface area contributed by atoms with Crippen LogP contribution >= 0.6 is 0 Å². The van der Waals surface area contributed by atoms with Crippen molar-refractivity contribution in [3.63, 3.8) is 0 Å². The van der Waals surface area contributed by atoms with Crippen molar-refractivity contribution in [1.82, 2.24) is 29.7 Å². The topological polar surface area (TPSA) is 101 Å². The lowest BCUT2D eigenvalue weighted by Gasteiger charge is -2.48. The van der Waals surface area contributed by atoms with E-state index in [1.54, 1.807) is 6.20 Å². The van der Waals surface area contributed by atoms with E-state index < -0.39 is 5.60 Å². The van der Waals surface area contributed by atoms with Gasteiger partial charge in [0.25, 0.3) is 0 Å². The number of anilines is 1. The minimum absolute atomic E-state index is 0.125. The van der Waals surface area contributed by atoms with Crippen molar-refractivity contribution < 1.29 is 14.3 Å². The average Bonchev–Trinajstić information content (AvgIpc) is 3.51. The Hall–Kier alpha value is -3.82. The lowest BCUT2D eigenvalue weighted by atomic mass is 9.79. The van der Waals surface area contributed by atoms with E-state index in [9.17, 15) is 4.79 Å². The lowest BCUT2D eigenvalue weighted by Crippen LogP contribution is -2.58. The minimum Gasteiger partial charge on any atom is -0.492 e. The van der Waals surface area contributed by atoms with Crippen molar-refractivity contribution in [3.05, 3.63) is 36.8 Å². The molecule has 0 atom stereocenters. The number of pyridine rings is 2. The van der Waals surface area contributed by atoms with Gasteiger partial charge < -0.3 is 19.3 Å². The van der Waals surface area contributed by atoms with Gasteiger partial charge in [-0.25, -0.2) is 14.3 Å². The molecule has 10 nitrogen and oxygen atoms in total. The van der Waals surface area contributed by atoms with E-state index in [1.807, 2.05) is 55.6 Å². The molecule has 2 saturated heterocycles. The first-order valence-corrected chi connectivity index (χ1v) is 12.4. The van der Waals surface area contributed by atoms with Gasteiger partial charge in [0, 0.05) is 48.9 Å². The Labute approximate surface area is 209 Å². The molecule has 1 N–H and O–H groups in total. The van der Waals surface area contributed by atoms with Crippen LogP contribution in [0.1, 0.15) is 34.1 Å². The van der Waals surface area contributed by atoms with Crippen molar-refractivity contribution in [3.8, 4) is 16.9 Å². The number of ether oxygens (including phenoxy) is 2. The number of rotatable bonds is 4. The van der Waals surface area contributed by atoms with Gasteiger partial charge in [0.15, 0.2) is 5.65 Å². The molecule has 0 saturated carbocycles. The van der Waals surface area contributed by atoms with Crippen LogP contribution in [0, 0.1) is 5.41 Å². The first kappa shape index (κ1) is 22.6. The number of aromatic nitrogens is 5. The highest BCUT2D eigenvalue weighted by molar-refractivity contribution is 6.00. The maximum absolute atomic E-state index is 12.5. The Kier molecular flexibility index (Phi) is 5.10. The van der Waals surface area contributed by atoms with Crippen LogP contribution in [0.4, 0.5) is 10.6 Å². The Bertz CT molecular complexity index is 1430. The van der Waals surface area contributed by atoms with Crippen LogP contribution in [0.5, 0.6) is 5.75 Å². The number of carbonyl (C=O) groups is 1. The molecule has 0 aliphatic carbocycles. The van der Waals surface area contributed by atoms with E-state index in [4.69, 9.17) is 14.5 Å². The van der Waals surface area contributed by atoms with Gasteiger partial charge in [0.1, 0.15) is 17.2 Å². The van der Waals surface area contributed by atoms with E-state index in [-0.39, 0.29) is 11.5 Å².